The van der Waals surface area contributed by atoms with E-state index in [-0.39, 0.29) is 12.5 Å². The van der Waals surface area contributed by atoms with Crippen LogP contribution in [0.2, 0.25) is 0 Å². The fourth-order valence-corrected chi connectivity index (χ4v) is 3.07. The van der Waals surface area contributed by atoms with Gasteiger partial charge in [0.15, 0.2) is 0 Å². The Morgan fingerprint density at radius 3 is 2.15 bits per heavy atom. The van der Waals surface area contributed by atoms with E-state index in [9.17, 15) is 9.59 Å². The summed E-state index contributed by atoms with van der Waals surface area (Å²) in [5, 5.41) is 0. The lowest BCUT2D eigenvalue weighted by Crippen LogP contribution is -2.39. The Balaban J connectivity index is 2.25. The van der Waals surface area contributed by atoms with E-state index in [1.807, 2.05) is 55.6 Å². The van der Waals surface area contributed by atoms with Gasteiger partial charge in [-0.25, -0.2) is 4.79 Å². The summed E-state index contributed by atoms with van der Waals surface area (Å²) >= 11 is 0. The van der Waals surface area contributed by atoms with Crippen LogP contribution in [0.4, 0.5) is 0 Å². The number of ether oxygens (including phenoxy) is 2. The Bertz CT molecular complexity index is 718. The number of nitrogens with zero attached hydrogens (tertiary/aromatic N) is 1. The molecule has 0 aliphatic carbocycles. The summed E-state index contributed by atoms with van der Waals surface area (Å²) in [6.45, 7) is 4.54. The summed E-state index contributed by atoms with van der Waals surface area (Å²) in [5.74, 6) is -1.35. The second kappa shape index (κ2) is 10.5. The van der Waals surface area contributed by atoms with E-state index in [0.717, 1.165) is 12.1 Å². The maximum atomic E-state index is 12.5. The number of hydrogen-bond donors (Lipinski definition) is 0. The lowest BCUT2D eigenvalue weighted by atomic mass is 9.92. The van der Waals surface area contributed by atoms with Crippen molar-refractivity contribution < 1.29 is 19.1 Å². The lowest BCUT2D eigenvalue weighted by molar-refractivity contribution is -0.168. The predicted octanol–water partition coefficient (Wildman–Crippen LogP) is 3.40. The minimum absolute atomic E-state index is 0.234. The van der Waals surface area contributed by atoms with Crippen LogP contribution in [0.3, 0.4) is 0 Å². The van der Waals surface area contributed by atoms with Crippen LogP contribution in [-0.4, -0.2) is 43.1 Å². The third-order valence-electron chi connectivity index (χ3n) is 4.21. The van der Waals surface area contributed by atoms with Crippen LogP contribution in [0, 0.1) is 0 Å². The van der Waals surface area contributed by atoms with Gasteiger partial charge in [-0.05, 0) is 25.1 Å². The second-order valence-corrected chi connectivity index (χ2v) is 6.48. The Morgan fingerprint density at radius 2 is 1.59 bits per heavy atom. The zero-order chi connectivity index (χ0) is 19.6. The molecule has 5 nitrogen and oxygen atoms in total. The average Bonchev–Trinajstić information content (AvgIpc) is 2.66. The normalized spacial score (nSPS) is 13.0. The van der Waals surface area contributed by atoms with Crippen molar-refractivity contribution in [1.82, 2.24) is 4.90 Å². The number of esters is 2. The molecule has 0 aliphatic heterocycles. The Labute approximate surface area is 160 Å². The number of likely N-dealkylation sites (N-methyl/N-ethyl adjacent to an activating group) is 1. The van der Waals surface area contributed by atoms with E-state index in [4.69, 9.17) is 9.47 Å². The van der Waals surface area contributed by atoms with Crippen molar-refractivity contribution in [3.63, 3.8) is 0 Å². The third kappa shape index (κ3) is 6.53. The monoisotopic (exact) mass is 369 g/mol. The largest absolute Gasteiger partial charge is 0.463 e. The van der Waals surface area contributed by atoms with E-state index >= 15 is 0 Å². The molecule has 0 saturated heterocycles. The summed E-state index contributed by atoms with van der Waals surface area (Å²) in [6.07, 6.45) is -0.983. The molecule has 0 amide bonds. The highest BCUT2D eigenvalue weighted by Crippen LogP contribution is 2.25. The van der Waals surface area contributed by atoms with Gasteiger partial charge in [0.2, 0.25) is 6.10 Å². The first kappa shape index (κ1) is 20.6. The van der Waals surface area contributed by atoms with Crippen molar-refractivity contribution in [3.05, 3.63) is 71.8 Å². The number of carbonyl (C=O) groups excluding carboxylic acids is 2. The molecule has 0 aromatic heterocycles. The van der Waals surface area contributed by atoms with Gasteiger partial charge < -0.3 is 14.4 Å². The fourth-order valence-electron chi connectivity index (χ4n) is 3.07. The first-order valence-corrected chi connectivity index (χ1v) is 9.12. The third-order valence-corrected chi connectivity index (χ3v) is 4.21. The minimum atomic E-state index is -0.983. The summed E-state index contributed by atoms with van der Waals surface area (Å²) in [7, 11) is 1.99. The molecule has 2 aromatic rings. The molecule has 0 spiro atoms. The number of benzene rings is 2. The van der Waals surface area contributed by atoms with Gasteiger partial charge in [0.1, 0.15) is 0 Å². The zero-order valence-electron chi connectivity index (χ0n) is 16.1. The molecular weight excluding hydrogens is 342 g/mol. The molecule has 0 N–H and O–H groups in total. The van der Waals surface area contributed by atoms with Crippen LogP contribution >= 0.6 is 0 Å². The summed E-state index contributed by atoms with van der Waals surface area (Å²) in [4.78, 5) is 26.3. The number of rotatable bonds is 9. The summed E-state index contributed by atoms with van der Waals surface area (Å²) < 4.78 is 10.6. The maximum Gasteiger partial charge on any atom is 0.348 e. The lowest BCUT2D eigenvalue weighted by Gasteiger charge is -2.29. The zero-order valence-corrected chi connectivity index (χ0v) is 16.1. The Kier molecular flexibility index (Phi) is 8.01. The van der Waals surface area contributed by atoms with Crippen molar-refractivity contribution in [1.29, 1.82) is 0 Å². The molecule has 0 aliphatic rings. The van der Waals surface area contributed by atoms with Crippen molar-refractivity contribution in [2.75, 3.05) is 20.2 Å². The molecule has 0 radical (unpaired) electrons. The molecule has 5 heteroatoms. The van der Waals surface area contributed by atoms with Gasteiger partial charge in [0.25, 0.3) is 0 Å². The van der Waals surface area contributed by atoms with Crippen molar-refractivity contribution >= 4 is 11.9 Å². The van der Waals surface area contributed by atoms with E-state index in [1.165, 1.54) is 12.5 Å². The molecule has 0 saturated carbocycles. The van der Waals surface area contributed by atoms with Gasteiger partial charge in [0.05, 0.1) is 6.61 Å². The SMILES string of the molecule is CCOC(=O)[C@@H](OC(C)=O)[C@@H](CN(C)Cc1ccccc1)c1ccccc1. The highest BCUT2D eigenvalue weighted by atomic mass is 16.6. The standard InChI is InChI=1S/C22H27NO4/c1-4-26-22(25)21(27-17(2)24)20(19-13-9-6-10-14-19)16-23(3)15-18-11-7-5-8-12-18/h5-14,20-21H,4,15-16H2,1-3H3/t20-,21-/m0/s1. The number of carbonyl (C=O) groups is 2. The molecule has 0 bridgehead atoms. The molecule has 2 aromatic carbocycles. The van der Waals surface area contributed by atoms with Crippen molar-refractivity contribution in [2.24, 2.45) is 0 Å². The first-order chi connectivity index (χ1) is 13.0. The van der Waals surface area contributed by atoms with E-state index in [0.29, 0.717) is 6.54 Å². The molecule has 27 heavy (non-hydrogen) atoms. The Hall–Kier alpha value is -2.66. The van der Waals surface area contributed by atoms with Crippen molar-refractivity contribution in [2.45, 2.75) is 32.4 Å². The number of hydrogen-bond acceptors (Lipinski definition) is 5. The topological polar surface area (TPSA) is 55.8 Å². The van der Waals surface area contributed by atoms with Gasteiger partial charge in [0, 0.05) is 25.9 Å². The second-order valence-electron chi connectivity index (χ2n) is 6.48. The predicted molar refractivity (Wildman–Crippen MR) is 104 cm³/mol. The van der Waals surface area contributed by atoms with Gasteiger partial charge in [-0.2, -0.15) is 0 Å². The maximum absolute atomic E-state index is 12.5. The van der Waals surface area contributed by atoms with Crippen molar-refractivity contribution in [3.8, 4) is 0 Å². The van der Waals surface area contributed by atoms with Crippen LogP contribution in [0.5, 0.6) is 0 Å². The van der Waals surface area contributed by atoms with Crippen LogP contribution in [0.15, 0.2) is 60.7 Å². The quantitative estimate of drug-likeness (QED) is 0.634. The fraction of sp³-hybridized carbons (Fsp3) is 0.364. The smallest absolute Gasteiger partial charge is 0.348 e. The van der Waals surface area contributed by atoms with Crippen LogP contribution in [0.1, 0.15) is 30.9 Å². The molecule has 0 fully saturated rings. The minimum Gasteiger partial charge on any atom is -0.463 e. The molecule has 144 valence electrons. The van der Waals surface area contributed by atoms with Crippen LogP contribution in [0.25, 0.3) is 0 Å². The van der Waals surface area contributed by atoms with Gasteiger partial charge in [-0.15, -0.1) is 0 Å². The van der Waals surface area contributed by atoms with Crippen LogP contribution in [-0.2, 0) is 25.6 Å². The summed E-state index contributed by atoms with van der Waals surface area (Å²) in [6, 6.07) is 19.7. The van der Waals surface area contributed by atoms with E-state index < -0.39 is 18.0 Å². The van der Waals surface area contributed by atoms with E-state index in [2.05, 4.69) is 17.0 Å². The molecule has 0 unspecified atom stereocenters. The van der Waals surface area contributed by atoms with Gasteiger partial charge in [-0.1, -0.05) is 60.7 Å². The first-order valence-electron chi connectivity index (χ1n) is 9.12. The Morgan fingerprint density at radius 1 is 1.00 bits per heavy atom. The highest BCUT2D eigenvalue weighted by molar-refractivity contribution is 5.79. The average molecular weight is 369 g/mol. The highest BCUT2D eigenvalue weighted by Gasteiger charge is 2.34. The summed E-state index contributed by atoms with van der Waals surface area (Å²) in [5.41, 5.74) is 2.10. The van der Waals surface area contributed by atoms with Crippen LogP contribution < -0.4 is 0 Å². The molecule has 2 atom stereocenters. The van der Waals surface area contributed by atoms with Gasteiger partial charge >= 0.3 is 11.9 Å². The molecular formula is C22H27NO4. The molecule has 2 rings (SSSR count). The van der Waals surface area contributed by atoms with E-state index in [1.54, 1.807) is 6.92 Å². The molecule has 0 heterocycles. The van der Waals surface area contributed by atoms with Gasteiger partial charge in [-0.3, -0.25) is 4.79 Å².